The highest BCUT2D eigenvalue weighted by Gasteiger charge is 2.09. The molecule has 0 aromatic heterocycles. The van der Waals surface area contributed by atoms with E-state index in [1.807, 2.05) is 6.07 Å². The number of halogens is 2. The van der Waals surface area contributed by atoms with Crippen LogP contribution in [-0.4, -0.2) is 11.2 Å². The van der Waals surface area contributed by atoms with E-state index in [1.165, 1.54) is 11.1 Å². The second-order valence-corrected chi connectivity index (χ2v) is 5.96. The predicted octanol–water partition coefficient (Wildman–Crippen LogP) is 4.84. The molecule has 0 aliphatic carbocycles. The minimum Gasteiger partial charge on any atom is -0.393 e. The first-order valence-electron chi connectivity index (χ1n) is 6.72. The van der Waals surface area contributed by atoms with E-state index in [4.69, 9.17) is 23.2 Å². The monoisotopic (exact) mass is 308 g/mol. The number of hydrogen-bond acceptors (Lipinski definition) is 1. The molecular formula is C17H18Cl2O. The van der Waals surface area contributed by atoms with Gasteiger partial charge in [0, 0.05) is 10.0 Å². The lowest BCUT2D eigenvalue weighted by Crippen LogP contribution is -2.12. The van der Waals surface area contributed by atoms with Gasteiger partial charge < -0.3 is 5.11 Å². The summed E-state index contributed by atoms with van der Waals surface area (Å²) in [6, 6.07) is 13.8. The molecule has 0 aliphatic rings. The fraction of sp³-hybridized carbons (Fsp3) is 0.294. The number of benzene rings is 2. The Kier molecular flexibility index (Phi) is 5.47. The number of hydrogen-bond donors (Lipinski definition) is 1. The number of rotatable bonds is 5. The van der Waals surface area contributed by atoms with Crippen LogP contribution >= 0.6 is 23.2 Å². The Morgan fingerprint density at radius 1 is 1.05 bits per heavy atom. The molecule has 106 valence electrons. The summed E-state index contributed by atoms with van der Waals surface area (Å²) in [5, 5.41) is 11.4. The highest BCUT2D eigenvalue weighted by molar-refractivity contribution is 6.35. The van der Waals surface area contributed by atoms with Crippen molar-refractivity contribution in [3.05, 3.63) is 69.2 Å². The first-order chi connectivity index (χ1) is 9.54. The van der Waals surface area contributed by atoms with E-state index in [0.29, 0.717) is 16.5 Å². The van der Waals surface area contributed by atoms with E-state index in [1.54, 1.807) is 12.1 Å². The quantitative estimate of drug-likeness (QED) is 0.838. The number of aliphatic hydroxyl groups is 1. The second kappa shape index (κ2) is 7.12. The zero-order valence-corrected chi connectivity index (χ0v) is 13.0. The fourth-order valence-electron chi connectivity index (χ4n) is 2.13. The molecule has 0 radical (unpaired) electrons. The van der Waals surface area contributed by atoms with Crippen molar-refractivity contribution in [1.82, 2.24) is 0 Å². The highest BCUT2D eigenvalue weighted by Crippen LogP contribution is 2.23. The molecule has 3 heteroatoms. The first kappa shape index (κ1) is 15.4. The SMILES string of the molecule is Cc1ccc(CCC(O)Cc2ccc(Cl)cc2Cl)cc1. The summed E-state index contributed by atoms with van der Waals surface area (Å²) in [4.78, 5) is 0. The number of aliphatic hydroxyl groups excluding tert-OH is 1. The highest BCUT2D eigenvalue weighted by atomic mass is 35.5. The fourth-order valence-corrected chi connectivity index (χ4v) is 2.62. The largest absolute Gasteiger partial charge is 0.393 e. The van der Waals surface area contributed by atoms with Crippen LogP contribution in [0, 0.1) is 6.92 Å². The molecule has 1 unspecified atom stereocenters. The lowest BCUT2D eigenvalue weighted by Gasteiger charge is -2.12. The maximum Gasteiger partial charge on any atom is 0.0584 e. The van der Waals surface area contributed by atoms with Gasteiger partial charge in [0.05, 0.1) is 6.10 Å². The minimum absolute atomic E-state index is 0.394. The van der Waals surface area contributed by atoms with E-state index < -0.39 is 6.10 Å². The van der Waals surface area contributed by atoms with Gasteiger partial charge >= 0.3 is 0 Å². The average Bonchev–Trinajstić information content (AvgIpc) is 2.41. The predicted molar refractivity (Wildman–Crippen MR) is 85.7 cm³/mol. The topological polar surface area (TPSA) is 20.2 Å². The summed E-state index contributed by atoms with van der Waals surface area (Å²) in [6.45, 7) is 2.07. The van der Waals surface area contributed by atoms with E-state index in [-0.39, 0.29) is 0 Å². The molecule has 2 rings (SSSR count). The van der Waals surface area contributed by atoms with Crippen LogP contribution in [0.15, 0.2) is 42.5 Å². The van der Waals surface area contributed by atoms with Crippen LogP contribution < -0.4 is 0 Å². The third-order valence-electron chi connectivity index (χ3n) is 3.36. The van der Waals surface area contributed by atoms with Crippen molar-refractivity contribution in [2.45, 2.75) is 32.3 Å². The lowest BCUT2D eigenvalue weighted by atomic mass is 10.0. The molecule has 0 spiro atoms. The molecule has 0 saturated carbocycles. The summed E-state index contributed by atoms with van der Waals surface area (Å²) < 4.78 is 0. The molecule has 1 nitrogen and oxygen atoms in total. The molecule has 2 aromatic rings. The zero-order chi connectivity index (χ0) is 14.5. The Hall–Kier alpha value is -1.02. The maximum atomic E-state index is 10.1. The van der Waals surface area contributed by atoms with Crippen molar-refractivity contribution in [3.63, 3.8) is 0 Å². The van der Waals surface area contributed by atoms with Crippen LogP contribution in [0.5, 0.6) is 0 Å². The Labute approximate surface area is 130 Å². The molecule has 0 saturated heterocycles. The number of aryl methyl sites for hydroxylation is 2. The van der Waals surface area contributed by atoms with Gasteiger partial charge in [0.1, 0.15) is 0 Å². The van der Waals surface area contributed by atoms with Crippen molar-refractivity contribution in [3.8, 4) is 0 Å². The zero-order valence-electron chi connectivity index (χ0n) is 11.4. The summed E-state index contributed by atoms with van der Waals surface area (Å²) in [5.74, 6) is 0. The Balaban J connectivity index is 1.89. The molecular weight excluding hydrogens is 291 g/mol. The summed E-state index contributed by atoms with van der Waals surface area (Å²) in [6.07, 6.45) is 1.76. The van der Waals surface area contributed by atoms with Crippen LogP contribution in [0.1, 0.15) is 23.1 Å². The summed E-state index contributed by atoms with van der Waals surface area (Å²) in [7, 11) is 0. The van der Waals surface area contributed by atoms with Gasteiger partial charge in [0.2, 0.25) is 0 Å². The van der Waals surface area contributed by atoms with Crippen LogP contribution in [0.25, 0.3) is 0 Å². The molecule has 20 heavy (non-hydrogen) atoms. The van der Waals surface area contributed by atoms with Crippen LogP contribution in [0.3, 0.4) is 0 Å². The summed E-state index contributed by atoms with van der Waals surface area (Å²) >= 11 is 12.0. The van der Waals surface area contributed by atoms with Crippen molar-refractivity contribution in [2.75, 3.05) is 0 Å². The summed E-state index contributed by atoms with van der Waals surface area (Å²) in [5.41, 5.74) is 3.44. The van der Waals surface area contributed by atoms with Crippen molar-refractivity contribution >= 4 is 23.2 Å². The molecule has 0 bridgehead atoms. The molecule has 1 atom stereocenters. The third kappa shape index (κ3) is 4.52. The van der Waals surface area contributed by atoms with Crippen molar-refractivity contribution in [1.29, 1.82) is 0 Å². The normalized spacial score (nSPS) is 12.4. The Morgan fingerprint density at radius 3 is 2.40 bits per heavy atom. The van der Waals surface area contributed by atoms with Gasteiger partial charge in [-0.1, -0.05) is 59.1 Å². The van der Waals surface area contributed by atoms with E-state index >= 15 is 0 Å². The molecule has 0 fully saturated rings. The van der Waals surface area contributed by atoms with E-state index in [0.717, 1.165) is 18.4 Å². The van der Waals surface area contributed by atoms with Gasteiger partial charge in [0.15, 0.2) is 0 Å². The van der Waals surface area contributed by atoms with Crippen LogP contribution in [0.4, 0.5) is 0 Å². The second-order valence-electron chi connectivity index (χ2n) is 5.12. The molecule has 0 aliphatic heterocycles. The molecule has 0 amide bonds. The maximum absolute atomic E-state index is 10.1. The molecule has 0 heterocycles. The smallest absolute Gasteiger partial charge is 0.0584 e. The molecule has 2 aromatic carbocycles. The Morgan fingerprint density at radius 2 is 1.75 bits per heavy atom. The Bertz CT molecular complexity index is 564. The van der Waals surface area contributed by atoms with Gasteiger partial charge in [-0.05, 0) is 49.4 Å². The van der Waals surface area contributed by atoms with Gasteiger partial charge in [0.25, 0.3) is 0 Å². The van der Waals surface area contributed by atoms with E-state index in [9.17, 15) is 5.11 Å². The van der Waals surface area contributed by atoms with Crippen molar-refractivity contribution < 1.29 is 5.11 Å². The van der Waals surface area contributed by atoms with Gasteiger partial charge in [-0.25, -0.2) is 0 Å². The minimum atomic E-state index is -0.394. The average molecular weight is 309 g/mol. The lowest BCUT2D eigenvalue weighted by molar-refractivity contribution is 0.165. The first-order valence-corrected chi connectivity index (χ1v) is 7.48. The van der Waals surface area contributed by atoms with Crippen LogP contribution in [-0.2, 0) is 12.8 Å². The van der Waals surface area contributed by atoms with Gasteiger partial charge in [-0.15, -0.1) is 0 Å². The standard InChI is InChI=1S/C17H18Cl2O/c1-12-2-4-13(5-3-12)6-9-16(20)10-14-7-8-15(18)11-17(14)19/h2-5,7-8,11,16,20H,6,9-10H2,1H3. The van der Waals surface area contributed by atoms with Gasteiger partial charge in [-0.2, -0.15) is 0 Å². The van der Waals surface area contributed by atoms with Crippen molar-refractivity contribution in [2.24, 2.45) is 0 Å². The third-order valence-corrected chi connectivity index (χ3v) is 3.94. The van der Waals surface area contributed by atoms with Crippen LogP contribution in [0.2, 0.25) is 10.0 Å². The molecule has 1 N–H and O–H groups in total. The van der Waals surface area contributed by atoms with Gasteiger partial charge in [-0.3, -0.25) is 0 Å². The van der Waals surface area contributed by atoms with E-state index in [2.05, 4.69) is 31.2 Å².